The third-order valence-corrected chi connectivity index (χ3v) is 5.17. The van der Waals surface area contributed by atoms with Crippen LogP contribution in [0.5, 0.6) is 5.75 Å². The van der Waals surface area contributed by atoms with E-state index in [1.807, 2.05) is 18.2 Å². The molecule has 0 spiro atoms. The van der Waals surface area contributed by atoms with Gasteiger partial charge in [0.1, 0.15) is 5.75 Å². The Morgan fingerprint density at radius 3 is 2.62 bits per heavy atom. The number of nitrogens with two attached hydrogens (primary N) is 2. The lowest BCUT2D eigenvalue weighted by Crippen LogP contribution is -2.18. The quantitative estimate of drug-likeness (QED) is 0.214. The second-order valence-electron chi connectivity index (χ2n) is 7.13. The maximum Gasteiger partial charge on any atom is 0.191 e. The molecular weight excluding hydrogens is 368 g/mol. The monoisotopic (exact) mass is 394 g/mol. The van der Waals surface area contributed by atoms with E-state index in [0.29, 0.717) is 37.1 Å². The van der Waals surface area contributed by atoms with Gasteiger partial charge in [0.05, 0.1) is 27.5 Å². The number of fused-ring (bicyclic) bond motifs is 2. The van der Waals surface area contributed by atoms with Crippen molar-refractivity contribution in [2.75, 3.05) is 31.5 Å². The summed E-state index contributed by atoms with van der Waals surface area (Å²) in [6.45, 7) is 3.26. The highest BCUT2D eigenvalue weighted by Gasteiger charge is 2.21. The number of benzene rings is 2. The van der Waals surface area contributed by atoms with E-state index in [2.05, 4.69) is 10.6 Å². The minimum absolute atomic E-state index is 0.0125. The van der Waals surface area contributed by atoms with E-state index in [1.165, 1.54) is 6.07 Å². The lowest BCUT2D eigenvalue weighted by atomic mass is 10.0. The molecule has 0 radical (unpaired) electrons. The fourth-order valence-corrected chi connectivity index (χ4v) is 3.78. The smallest absolute Gasteiger partial charge is 0.191 e. The lowest BCUT2D eigenvalue weighted by molar-refractivity contribution is 0.487. The van der Waals surface area contributed by atoms with Crippen molar-refractivity contribution in [1.82, 2.24) is 14.9 Å². The van der Waals surface area contributed by atoms with Crippen LogP contribution in [0, 0.1) is 0 Å². The summed E-state index contributed by atoms with van der Waals surface area (Å²) in [7, 11) is 0. The third-order valence-electron chi connectivity index (χ3n) is 5.17. The van der Waals surface area contributed by atoms with Crippen LogP contribution in [0.2, 0.25) is 0 Å². The summed E-state index contributed by atoms with van der Waals surface area (Å²) in [4.78, 5) is 12.5. The number of anilines is 1. The van der Waals surface area contributed by atoms with Gasteiger partial charge in [-0.05, 0) is 56.7 Å². The van der Waals surface area contributed by atoms with Crippen molar-refractivity contribution < 1.29 is 5.11 Å². The molecule has 2 aromatic heterocycles. The maximum absolute atomic E-state index is 12.5. The first-order valence-electron chi connectivity index (χ1n) is 9.93. The SMILES string of the molecule is NCCCNCc1nn2c3cccc(=O)c3c(O)c3c(NCCCN)ccc1c32. The molecular formula is C21H26N6O2. The van der Waals surface area contributed by atoms with Crippen LogP contribution in [0.25, 0.3) is 27.2 Å². The molecule has 0 saturated heterocycles. The van der Waals surface area contributed by atoms with E-state index in [0.717, 1.165) is 41.7 Å². The Bertz CT molecular complexity index is 1200. The molecule has 0 saturated carbocycles. The fraction of sp³-hybridized carbons (Fsp3) is 0.333. The Labute approximate surface area is 167 Å². The number of pyridine rings is 1. The van der Waals surface area contributed by atoms with Gasteiger partial charge in [0.15, 0.2) is 5.43 Å². The van der Waals surface area contributed by atoms with Gasteiger partial charge >= 0.3 is 0 Å². The Kier molecular flexibility index (Phi) is 5.48. The summed E-state index contributed by atoms with van der Waals surface area (Å²) in [5.74, 6) is -0.0125. The van der Waals surface area contributed by atoms with E-state index >= 15 is 0 Å². The Hall–Kier alpha value is -2.94. The van der Waals surface area contributed by atoms with Gasteiger partial charge in [0.2, 0.25) is 0 Å². The van der Waals surface area contributed by atoms with E-state index in [9.17, 15) is 9.90 Å². The maximum atomic E-state index is 12.5. The van der Waals surface area contributed by atoms with Crippen LogP contribution in [0.3, 0.4) is 0 Å². The second kappa shape index (κ2) is 8.20. The zero-order valence-electron chi connectivity index (χ0n) is 16.2. The van der Waals surface area contributed by atoms with E-state index in [1.54, 1.807) is 10.6 Å². The summed E-state index contributed by atoms with van der Waals surface area (Å²) in [5, 5.41) is 24.4. The third kappa shape index (κ3) is 3.35. The van der Waals surface area contributed by atoms with Gasteiger partial charge in [0.25, 0.3) is 0 Å². The molecule has 0 atom stereocenters. The first-order valence-corrected chi connectivity index (χ1v) is 9.93. The van der Waals surface area contributed by atoms with Gasteiger partial charge in [-0.15, -0.1) is 0 Å². The Morgan fingerprint density at radius 1 is 1.03 bits per heavy atom. The normalized spacial score (nSPS) is 11.8. The molecule has 2 aromatic carbocycles. The summed E-state index contributed by atoms with van der Waals surface area (Å²) in [6, 6.07) is 8.89. The Balaban J connectivity index is 1.95. The standard InChI is InChI=1S/C21H26N6O2/c22-8-2-10-24-12-15-13-6-7-14(25-11-3-9-23)18-20(13)27(26-15)16-4-1-5-17(28)19(16)21(18)29/h1,4-7,24-25,29H,2-3,8-12,22-23H2. The molecule has 8 heteroatoms. The first-order chi connectivity index (χ1) is 14.2. The van der Waals surface area contributed by atoms with Crippen LogP contribution in [0.15, 0.2) is 35.1 Å². The number of aromatic nitrogens is 2. The molecule has 0 amide bonds. The highest BCUT2D eigenvalue weighted by molar-refractivity contribution is 6.13. The number of aromatic hydroxyl groups is 1. The van der Waals surface area contributed by atoms with Crippen LogP contribution in [-0.4, -0.2) is 40.9 Å². The van der Waals surface area contributed by atoms with Crippen molar-refractivity contribution in [3.8, 4) is 5.75 Å². The first kappa shape index (κ1) is 19.4. The largest absolute Gasteiger partial charge is 0.506 e. The minimum atomic E-state index is -0.228. The minimum Gasteiger partial charge on any atom is -0.506 e. The number of hydrogen-bond acceptors (Lipinski definition) is 7. The number of hydrogen-bond donors (Lipinski definition) is 5. The fourth-order valence-electron chi connectivity index (χ4n) is 3.78. The molecule has 2 heterocycles. The van der Waals surface area contributed by atoms with Crippen LogP contribution < -0.4 is 27.5 Å². The highest BCUT2D eigenvalue weighted by Crippen LogP contribution is 2.40. The van der Waals surface area contributed by atoms with Crippen molar-refractivity contribution in [2.24, 2.45) is 11.5 Å². The van der Waals surface area contributed by atoms with E-state index in [-0.39, 0.29) is 16.6 Å². The van der Waals surface area contributed by atoms with Crippen LogP contribution in [0.4, 0.5) is 5.69 Å². The van der Waals surface area contributed by atoms with E-state index in [4.69, 9.17) is 16.6 Å². The number of rotatable bonds is 9. The summed E-state index contributed by atoms with van der Waals surface area (Å²) < 4.78 is 1.77. The molecule has 29 heavy (non-hydrogen) atoms. The van der Waals surface area contributed by atoms with Gasteiger partial charge in [-0.25, -0.2) is 4.52 Å². The molecule has 0 unspecified atom stereocenters. The van der Waals surface area contributed by atoms with Gasteiger partial charge in [0, 0.05) is 24.2 Å². The molecule has 4 aromatic rings. The number of nitrogens with one attached hydrogen (secondary N) is 2. The van der Waals surface area contributed by atoms with Crippen molar-refractivity contribution in [3.63, 3.8) is 0 Å². The molecule has 0 bridgehead atoms. The molecule has 0 aliphatic heterocycles. The predicted octanol–water partition coefficient (Wildman–Crippen LogP) is 1.34. The van der Waals surface area contributed by atoms with Crippen LogP contribution in [0.1, 0.15) is 18.5 Å². The van der Waals surface area contributed by atoms with Crippen molar-refractivity contribution in [2.45, 2.75) is 19.4 Å². The molecule has 8 nitrogen and oxygen atoms in total. The lowest BCUT2D eigenvalue weighted by Gasteiger charge is -2.13. The van der Waals surface area contributed by atoms with Crippen molar-refractivity contribution in [3.05, 3.63) is 46.2 Å². The average molecular weight is 394 g/mol. The molecule has 0 aliphatic carbocycles. The van der Waals surface area contributed by atoms with Crippen molar-refractivity contribution in [1.29, 1.82) is 0 Å². The van der Waals surface area contributed by atoms with Gasteiger partial charge in [-0.1, -0.05) is 6.07 Å². The van der Waals surface area contributed by atoms with E-state index < -0.39 is 0 Å². The molecule has 7 N–H and O–H groups in total. The van der Waals surface area contributed by atoms with Crippen LogP contribution >= 0.6 is 0 Å². The zero-order valence-corrected chi connectivity index (χ0v) is 16.2. The van der Waals surface area contributed by atoms with Gasteiger partial charge in [-0.2, -0.15) is 5.10 Å². The predicted molar refractivity (Wildman–Crippen MR) is 117 cm³/mol. The zero-order chi connectivity index (χ0) is 20.4. The second-order valence-corrected chi connectivity index (χ2v) is 7.13. The molecule has 152 valence electrons. The van der Waals surface area contributed by atoms with Crippen molar-refractivity contribution >= 4 is 32.9 Å². The van der Waals surface area contributed by atoms with Crippen LogP contribution in [-0.2, 0) is 6.54 Å². The summed E-state index contributed by atoms with van der Waals surface area (Å²) in [6.07, 6.45) is 1.69. The van der Waals surface area contributed by atoms with Gasteiger partial charge < -0.3 is 27.2 Å². The average Bonchev–Trinajstić information content (AvgIpc) is 3.09. The Morgan fingerprint density at radius 2 is 1.83 bits per heavy atom. The molecule has 4 rings (SSSR count). The highest BCUT2D eigenvalue weighted by atomic mass is 16.3. The molecule has 0 fully saturated rings. The molecule has 0 aliphatic rings. The topological polar surface area (TPSA) is 131 Å². The summed E-state index contributed by atoms with van der Waals surface area (Å²) >= 11 is 0. The summed E-state index contributed by atoms with van der Waals surface area (Å²) in [5.41, 5.74) is 14.0. The van der Waals surface area contributed by atoms with Gasteiger partial charge in [-0.3, -0.25) is 4.79 Å². The number of nitrogens with zero attached hydrogens (tertiary/aromatic N) is 2.